The number of nitrogens with zero attached hydrogens (tertiary/aromatic N) is 2. The topological polar surface area (TPSA) is 53.0 Å². The van der Waals surface area contributed by atoms with Crippen LogP contribution in [0.4, 0.5) is 4.79 Å². The zero-order valence-electron chi connectivity index (χ0n) is 23.6. The first-order chi connectivity index (χ1) is 17.2. The second-order valence-electron chi connectivity index (χ2n) is 10.7. The number of aliphatic hydroxyl groups is 1. The van der Waals surface area contributed by atoms with Crippen LogP contribution in [-0.4, -0.2) is 66.4 Å². The van der Waals surface area contributed by atoms with Crippen molar-refractivity contribution in [1.82, 2.24) is 9.80 Å². The highest BCUT2D eigenvalue weighted by atomic mass is 16.6. The molecular weight excluding hydrogens is 436 g/mol. The average Bonchev–Trinajstić information content (AvgIpc) is 2.88. The first-order valence-electron chi connectivity index (χ1n) is 15.5. The highest BCUT2D eigenvalue weighted by molar-refractivity contribution is 5.67. The molecule has 5 heteroatoms. The lowest BCUT2D eigenvalue weighted by Crippen LogP contribution is -2.39. The molecule has 1 fully saturated rings. The van der Waals surface area contributed by atoms with Gasteiger partial charge in [-0.2, -0.15) is 0 Å². The normalized spacial score (nSPS) is 14.5. The molecule has 1 aliphatic carbocycles. The molecule has 1 saturated carbocycles. The summed E-state index contributed by atoms with van der Waals surface area (Å²) in [6.45, 7) is 8.83. The van der Waals surface area contributed by atoms with Crippen LogP contribution in [0.2, 0.25) is 0 Å². The minimum atomic E-state index is -0.101. The Bertz CT molecular complexity index is 453. The number of carbonyl (C=O) groups is 1. The molecule has 1 aliphatic rings. The molecule has 0 aromatic rings. The van der Waals surface area contributed by atoms with E-state index in [0.717, 1.165) is 58.3 Å². The molecule has 0 atom stereocenters. The van der Waals surface area contributed by atoms with Crippen molar-refractivity contribution in [1.29, 1.82) is 0 Å². The lowest BCUT2D eigenvalue weighted by Gasteiger charge is -2.34. The highest BCUT2D eigenvalue weighted by Crippen LogP contribution is 2.22. The molecule has 208 valence electrons. The fraction of sp³-hybridized carbons (Fsp3) is 0.967. The molecule has 35 heavy (non-hydrogen) atoms. The van der Waals surface area contributed by atoms with Crippen molar-refractivity contribution in [2.45, 2.75) is 148 Å². The van der Waals surface area contributed by atoms with Gasteiger partial charge in [-0.15, -0.1) is 0 Å². The SMILES string of the molecule is CCCCCCCCN(CCCCCCCC)C(=O)OCCCCCN(CCO)C1CCCCC1. The minimum absolute atomic E-state index is 0.101. The van der Waals surface area contributed by atoms with E-state index in [0.29, 0.717) is 12.6 Å². The van der Waals surface area contributed by atoms with E-state index >= 15 is 0 Å². The summed E-state index contributed by atoms with van der Waals surface area (Å²) in [5, 5.41) is 9.45. The van der Waals surface area contributed by atoms with E-state index in [4.69, 9.17) is 4.74 Å². The molecular formula is C30H60N2O3. The summed E-state index contributed by atoms with van der Waals surface area (Å²) in [6, 6.07) is 0.659. The molecule has 0 aromatic heterocycles. The quantitative estimate of drug-likeness (QED) is 0.146. The summed E-state index contributed by atoms with van der Waals surface area (Å²) in [7, 11) is 0. The van der Waals surface area contributed by atoms with Crippen molar-refractivity contribution in [2.24, 2.45) is 0 Å². The number of unbranched alkanes of at least 4 members (excludes halogenated alkanes) is 12. The molecule has 5 nitrogen and oxygen atoms in total. The van der Waals surface area contributed by atoms with E-state index in [-0.39, 0.29) is 12.7 Å². The van der Waals surface area contributed by atoms with Crippen LogP contribution in [0.5, 0.6) is 0 Å². The Morgan fingerprint density at radius 2 is 1.20 bits per heavy atom. The van der Waals surface area contributed by atoms with Gasteiger partial charge in [0.2, 0.25) is 0 Å². The van der Waals surface area contributed by atoms with Crippen LogP contribution in [0.25, 0.3) is 0 Å². The number of hydrogen-bond donors (Lipinski definition) is 1. The van der Waals surface area contributed by atoms with Gasteiger partial charge in [-0.05, 0) is 51.5 Å². The number of rotatable bonds is 23. The second kappa shape index (κ2) is 23.6. The molecule has 0 bridgehead atoms. The zero-order chi connectivity index (χ0) is 25.4. The third-order valence-corrected chi connectivity index (χ3v) is 7.61. The highest BCUT2D eigenvalue weighted by Gasteiger charge is 2.20. The summed E-state index contributed by atoms with van der Waals surface area (Å²) < 4.78 is 5.70. The van der Waals surface area contributed by atoms with Crippen molar-refractivity contribution in [3.63, 3.8) is 0 Å². The summed E-state index contributed by atoms with van der Waals surface area (Å²) >= 11 is 0. The molecule has 0 radical (unpaired) electrons. The predicted molar refractivity (Wildman–Crippen MR) is 149 cm³/mol. The third-order valence-electron chi connectivity index (χ3n) is 7.61. The third kappa shape index (κ3) is 17.3. The van der Waals surface area contributed by atoms with Crippen molar-refractivity contribution in [3.8, 4) is 0 Å². The van der Waals surface area contributed by atoms with Crippen molar-refractivity contribution < 1.29 is 14.6 Å². The van der Waals surface area contributed by atoms with Crippen LogP contribution >= 0.6 is 0 Å². The molecule has 1 rings (SSSR count). The van der Waals surface area contributed by atoms with Gasteiger partial charge in [0.05, 0.1) is 13.2 Å². The van der Waals surface area contributed by atoms with E-state index in [9.17, 15) is 9.90 Å². The zero-order valence-corrected chi connectivity index (χ0v) is 23.6. The smallest absolute Gasteiger partial charge is 0.409 e. The minimum Gasteiger partial charge on any atom is -0.449 e. The maximum absolute atomic E-state index is 12.8. The summed E-state index contributed by atoms with van der Waals surface area (Å²) in [6.07, 6.45) is 24.6. The Balaban J connectivity index is 2.26. The molecule has 1 N–H and O–H groups in total. The van der Waals surface area contributed by atoms with Crippen LogP contribution < -0.4 is 0 Å². The van der Waals surface area contributed by atoms with Crippen molar-refractivity contribution in [2.75, 3.05) is 39.4 Å². The van der Waals surface area contributed by atoms with Crippen LogP contribution in [0.15, 0.2) is 0 Å². The number of hydrogen-bond acceptors (Lipinski definition) is 4. The summed E-state index contributed by atoms with van der Waals surface area (Å²) in [4.78, 5) is 17.2. The maximum atomic E-state index is 12.8. The van der Waals surface area contributed by atoms with Crippen LogP contribution in [0.3, 0.4) is 0 Å². The Labute approximate surface area is 218 Å². The molecule has 0 aromatic carbocycles. The van der Waals surface area contributed by atoms with Gasteiger partial charge in [0, 0.05) is 25.7 Å². The lowest BCUT2D eigenvalue weighted by atomic mass is 9.94. The summed E-state index contributed by atoms with van der Waals surface area (Å²) in [5.74, 6) is 0. The number of amides is 1. The van der Waals surface area contributed by atoms with Gasteiger partial charge in [-0.25, -0.2) is 4.79 Å². The van der Waals surface area contributed by atoms with E-state index in [1.807, 2.05) is 4.90 Å². The fourth-order valence-electron chi connectivity index (χ4n) is 5.36. The van der Waals surface area contributed by atoms with Gasteiger partial charge in [-0.3, -0.25) is 4.90 Å². The molecule has 0 unspecified atom stereocenters. The van der Waals surface area contributed by atoms with E-state index in [1.54, 1.807) is 0 Å². The van der Waals surface area contributed by atoms with Gasteiger partial charge in [-0.1, -0.05) is 97.3 Å². The summed E-state index contributed by atoms with van der Waals surface area (Å²) in [5.41, 5.74) is 0. The maximum Gasteiger partial charge on any atom is 0.409 e. The van der Waals surface area contributed by atoms with Crippen LogP contribution in [-0.2, 0) is 4.74 Å². The molecule has 0 aliphatic heterocycles. The standard InChI is InChI=1S/C30H60N2O3/c1-3-5-7-9-11-17-24-32(25-18-12-10-8-6-4-2)30(34)35-28-20-14-19-23-31(26-27-33)29-21-15-13-16-22-29/h29,33H,3-28H2,1-2H3. The Morgan fingerprint density at radius 3 is 1.77 bits per heavy atom. The van der Waals surface area contributed by atoms with E-state index in [1.165, 1.54) is 96.3 Å². The van der Waals surface area contributed by atoms with Gasteiger partial charge in [0.25, 0.3) is 0 Å². The first-order valence-corrected chi connectivity index (χ1v) is 15.5. The Hall–Kier alpha value is -0.810. The Kier molecular flexibility index (Phi) is 21.7. The van der Waals surface area contributed by atoms with E-state index in [2.05, 4.69) is 18.7 Å². The average molecular weight is 497 g/mol. The molecule has 0 saturated heterocycles. The monoisotopic (exact) mass is 496 g/mol. The molecule has 1 amide bonds. The second-order valence-corrected chi connectivity index (χ2v) is 10.7. The molecule has 0 spiro atoms. The van der Waals surface area contributed by atoms with Gasteiger partial charge in [0.1, 0.15) is 0 Å². The Morgan fingerprint density at radius 1 is 0.686 bits per heavy atom. The van der Waals surface area contributed by atoms with Crippen molar-refractivity contribution in [3.05, 3.63) is 0 Å². The van der Waals surface area contributed by atoms with Crippen molar-refractivity contribution >= 4 is 6.09 Å². The largest absolute Gasteiger partial charge is 0.449 e. The van der Waals surface area contributed by atoms with Gasteiger partial charge >= 0.3 is 6.09 Å². The lowest BCUT2D eigenvalue weighted by molar-refractivity contribution is 0.0970. The number of carbonyl (C=O) groups excluding carboxylic acids is 1. The van der Waals surface area contributed by atoms with E-state index < -0.39 is 0 Å². The molecule has 0 heterocycles. The first kappa shape index (κ1) is 32.2. The van der Waals surface area contributed by atoms with Crippen LogP contribution in [0.1, 0.15) is 142 Å². The van der Waals surface area contributed by atoms with Gasteiger partial charge < -0.3 is 14.7 Å². The number of aliphatic hydroxyl groups excluding tert-OH is 1. The van der Waals surface area contributed by atoms with Crippen LogP contribution in [0, 0.1) is 0 Å². The number of ether oxygens (including phenoxy) is 1. The fourth-order valence-corrected chi connectivity index (χ4v) is 5.36. The van der Waals surface area contributed by atoms with Gasteiger partial charge in [0.15, 0.2) is 0 Å². The predicted octanol–water partition coefficient (Wildman–Crippen LogP) is 7.94.